The Morgan fingerprint density at radius 2 is 1.20 bits per heavy atom. The molecule has 0 spiro atoms. The highest BCUT2D eigenvalue weighted by molar-refractivity contribution is 14.1. The minimum absolute atomic E-state index is 0.210. The predicted octanol–water partition coefficient (Wildman–Crippen LogP) is 4.68. The Hall–Kier alpha value is -2.47. The largest absolute Gasteiger partial charge is 0.363 e. The second-order valence-electron chi connectivity index (χ2n) is 5.95. The molecule has 0 atom stereocenters. The van der Waals surface area contributed by atoms with Gasteiger partial charge in [0.2, 0.25) is 11.6 Å². The van der Waals surface area contributed by atoms with Gasteiger partial charge in [-0.05, 0) is 52.4 Å². The van der Waals surface area contributed by atoms with E-state index in [4.69, 9.17) is 0 Å². The van der Waals surface area contributed by atoms with E-state index in [0.29, 0.717) is 16.7 Å². The third kappa shape index (κ3) is 2.48. The zero-order valence-corrected chi connectivity index (χ0v) is 15.4. The third-order valence-electron chi connectivity index (χ3n) is 4.48. The lowest BCUT2D eigenvalue weighted by atomic mass is 9.84. The van der Waals surface area contributed by atoms with Gasteiger partial charge in [0, 0.05) is 20.4 Å². The summed E-state index contributed by atoms with van der Waals surface area (Å²) in [4.78, 5) is 26.6. The quantitative estimate of drug-likeness (QED) is 0.477. The number of hydrogen-bond donors (Lipinski definition) is 1. The van der Waals surface area contributed by atoms with Crippen LogP contribution in [0, 0.1) is 3.57 Å². The normalized spacial score (nSPS) is 15.1. The Balaban J connectivity index is 1.91. The number of fused-ring (bicyclic) bond motifs is 1. The molecular formula is C21H14INO2. The van der Waals surface area contributed by atoms with Crippen molar-refractivity contribution in [2.45, 2.75) is 5.54 Å². The van der Waals surface area contributed by atoms with Crippen LogP contribution in [-0.4, -0.2) is 11.6 Å². The van der Waals surface area contributed by atoms with Crippen molar-refractivity contribution in [3.05, 3.63) is 99.1 Å². The monoisotopic (exact) mass is 439 g/mol. The van der Waals surface area contributed by atoms with Gasteiger partial charge in [0.15, 0.2) is 5.54 Å². The first-order valence-corrected chi connectivity index (χ1v) is 8.99. The van der Waals surface area contributed by atoms with Crippen LogP contribution in [0.5, 0.6) is 0 Å². The first-order valence-electron chi connectivity index (χ1n) is 7.91. The number of benzene rings is 3. The Bertz CT molecular complexity index is 930. The molecule has 0 radical (unpaired) electrons. The molecule has 0 aliphatic heterocycles. The molecule has 122 valence electrons. The molecule has 4 rings (SSSR count). The Labute approximate surface area is 159 Å². The number of ketones is 2. The van der Waals surface area contributed by atoms with Gasteiger partial charge < -0.3 is 5.32 Å². The summed E-state index contributed by atoms with van der Waals surface area (Å²) in [6, 6.07) is 23.9. The molecule has 0 aromatic heterocycles. The van der Waals surface area contributed by atoms with Gasteiger partial charge in [-0.3, -0.25) is 9.59 Å². The lowest BCUT2D eigenvalue weighted by Crippen LogP contribution is -2.46. The summed E-state index contributed by atoms with van der Waals surface area (Å²) >= 11 is 2.22. The summed E-state index contributed by atoms with van der Waals surface area (Å²) in [6.45, 7) is 0. The molecule has 3 aromatic rings. The number of carbonyl (C=O) groups is 2. The van der Waals surface area contributed by atoms with E-state index >= 15 is 0 Å². The number of anilines is 1. The van der Waals surface area contributed by atoms with Crippen molar-refractivity contribution in [1.82, 2.24) is 0 Å². The second-order valence-corrected chi connectivity index (χ2v) is 7.20. The molecule has 4 heteroatoms. The lowest BCUT2D eigenvalue weighted by Gasteiger charge is -2.29. The summed E-state index contributed by atoms with van der Waals surface area (Å²) in [7, 11) is 0. The first-order chi connectivity index (χ1) is 12.1. The first kappa shape index (κ1) is 16.0. The molecule has 3 aromatic carbocycles. The zero-order chi connectivity index (χ0) is 17.4. The van der Waals surface area contributed by atoms with E-state index in [-0.39, 0.29) is 11.6 Å². The van der Waals surface area contributed by atoms with E-state index in [1.54, 1.807) is 24.3 Å². The molecule has 0 bridgehead atoms. The Morgan fingerprint density at radius 1 is 0.680 bits per heavy atom. The van der Waals surface area contributed by atoms with Crippen LogP contribution in [0.1, 0.15) is 26.3 Å². The molecule has 1 N–H and O–H groups in total. The van der Waals surface area contributed by atoms with Crippen LogP contribution < -0.4 is 5.32 Å². The SMILES string of the molecule is O=C1c2ccccc2C(=O)C1(Nc1ccc(I)cc1)c1ccccc1. The molecule has 25 heavy (non-hydrogen) atoms. The topological polar surface area (TPSA) is 46.2 Å². The summed E-state index contributed by atoms with van der Waals surface area (Å²) in [5.41, 5.74) is 0.903. The number of hydrogen-bond acceptors (Lipinski definition) is 3. The fraction of sp³-hybridized carbons (Fsp3) is 0.0476. The minimum atomic E-state index is -1.42. The number of halogens is 1. The minimum Gasteiger partial charge on any atom is -0.363 e. The van der Waals surface area contributed by atoms with Gasteiger partial charge >= 0.3 is 0 Å². The molecule has 3 nitrogen and oxygen atoms in total. The van der Waals surface area contributed by atoms with Gasteiger partial charge in [-0.2, -0.15) is 0 Å². The average molecular weight is 439 g/mol. The van der Waals surface area contributed by atoms with Crippen molar-refractivity contribution in [3.63, 3.8) is 0 Å². The van der Waals surface area contributed by atoms with Crippen LogP contribution in [0.15, 0.2) is 78.9 Å². The molecule has 0 saturated carbocycles. The molecule has 0 fully saturated rings. The van der Waals surface area contributed by atoms with Crippen molar-refractivity contribution < 1.29 is 9.59 Å². The van der Waals surface area contributed by atoms with E-state index < -0.39 is 5.54 Å². The molecule has 0 saturated heterocycles. The zero-order valence-electron chi connectivity index (χ0n) is 13.2. The van der Waals surface area contributed by atoms with Crippen LogP contribution in [0.25, 0.3) is 0 Å². The molecule has 1 aliphatic carbocycles. The van der Waals surface area contributed by atoms with Gasteiger partial charge in [-0.15, -0.1) is 0 Å². The molecule has 0 unspecified atom stereocenters. The highest BCUT2D eigenvalue weighted by Gasteiger charge is 2.54. The van der Waals surface area contributed by atoms with E-state index in [1.807, 2.05) is 54.6 Å². The molecule has 1 aliphatic rings. The maximum Gasteiger partial charge on any atom is 0.201 e. The highest BCUT2D eigenvalue weighted by Crippen LogP contribution is 2.40. The fourth-order valence-corrected chi connectivity index (χ4v) is 3.63. The maximum atomic E-state index is 13.3. The lowest BCUT2D eigenvalue weighted by molar-refractivity contribution is 0.0819. The van der Waals surface area contributed by atoms with E-state index in [2.05, 4.69) is 27.9 Å². The van der Waals surface area contributed by atoms with Gasteiger partial charge in [0.25, 0.3) is 0 Å². The molecule has 0 amide bonds. The van der Waals surface area contributed by atoms with E-state index in [0.717, 1.165) is 9.26 Å². The van der Waals surface area contributed by atoms with Gasteiger partial charge in [0.05, 0.1) is 0 Å². The third-order valence-corrected chi connectivity index (χ3v) is 5.20. The van der Waals surface area contributed by atoms with Crippen molar-refractivity contribution in [1.29, 1.82) is 0 Å². The second kappa shape index (κ2) is 6.11. The van der Waals surface area contributed by atoms with Crippen LogP contribution in [0.2, 0.25) is 0 Å². The number of carbonyl (C=O) groups excluding carboxylic acids is 2. The Morgan fingerprint density at radius 3 is 1.76 bits per heavy atom. The standard InChI is InChI=1S/C21H14INO2/c22-15-10-12-16(13-11-15)23-21(14-6-2-1-3-7-14)19(24)17-8-4-5-9-18(17)20(21)25/h1-13,23H. The highest BCUT2D eigenvalue weighted by atomic mass is 127. The summed E-state index contributed by atoms with van der Waals surface area (Å²) < 4.78 is 1.09. The van der Waals surface area contributed by atoms with Crippen molar-refractivity contribution >= 4 is 39.8 Å². The van der Waals surface area contributed by atoms with Gasteiger partial charge in [-0.25, -0.2) is 0 Å². The van der Waals surface area contributed by atoms with Crippen LogP contribution >= 0.6 is 22.6 Å². The smallest absolute Gasteiger partial charge is 0.201 e. The number of Topliss-reactive ketones (excluding diaryl/α,β-unsaturated/α-hetero) is 2. The van der Waals surface area contributed by atoms with E-state index in [1.165, 1.54) is 0 Å². The summed E-state index contributed by atoms with van der Waals surface area (Å²) in [6.07, 6.45) is 0. The average Bonchev–Trinajstić information content (AvgIpc) is 2.87. The molecule has 0 heterocycles. The Kier molecular flexibility index (Phi) is 3.92. The van der Waals surface area contributed by atoms with Gasteiger partial charge in [-0.1, -0.05) is 54.6 Å². The van der Waals surface area contributed by atoms with Gasteiger partial charge in [0.1, 0.15) is 0 Å². The number of nitrogens with one attached hydrogen (secondary N) is 1. The summed E-state index contributed by atoms with van der Waals surface area (Å²) in [5.74, 6) is -0.421. The van der Waals surface area contributed by atoms with Crippen molar-refractivity contribution in [2.75, 3.05) is 5.32 Å². The fourth-order valence-electron chi connectivity index (χ4n) is 3.27. The predicted molar refractivity (Wildman–Crippen MR) is 106 cm³/mol. The van der Waals surface area contributed by atoms with Crippen LogP contribution in [-0.2, 0) is 5.54 Å². The maximum absolute atomic E-state index is 13.3. The molecular weight excluding hydrogens is 425 g/mol. The van der Waals surface area contributed by atoms with Crippen LogP contribution in [0.3, 0.4) is 0 Å². The van der Waals surface area contributed by atoms with E-state index in [9.17, 15) is 9.59 Å². The van der Waals surface area contributed by atoms with Crippen LogP contribution in [0.4, 0.5) is 5.69 Å². The number of rotatable bonds is 3. The summed E-state index contributed by atoms with van der Waals surface area (Å²) in [5, 5.41) is 3.24. The van der Waals surface area contributed by atoms with Crippen molar-refractivity contribution in [3.8, 4) is 0 Å². The van der Waals surface area contributed by atoms with Crippen molar-refractivity contribution in [2.24, 2.45) is 0 Å².